The number of hydrogen-bond donors (Lipinski definition) is 2. The topological polar surface area (TPSA) is 72.5 Å². The van der Waals surface area contributed by atoms with Gasteiger partial charge >= 0.3 is 5.97 Å². The Balaban J connectivity index is 0. The zero-order valence-electron chi connectivity index (χ0n) is 9.77. The molecule has 5 heteroatoms. The quantitative estimate of drug-likeness (QED) is 0.705. The summed E-state index contributed by atoms with van der Waals surface area (Å²) in [6.07, 6.45) is -0.822. The molecule has 0 saturated carbocycles. The molecule has 0 unspecified atom stereocenters. The second-order valence-electron chi connectivity index (χ2n) is 4.22. The van der Waals surface area contributed by atoms with Crippen LogP contribution in [0, 0.1) is 5.92 Å². The van der Waals surface area contributed by atoms with Gasteiger partial charge in [0.25, 0.3) is 0 Å². The van der Waals surface area contributed by atoms with Crippen molar-refractivity contribution in [2.75, 3.05) is 0 Å². The molecule has 4 nitrogen and oxygen atoms in total. The molecule has 0 aromatic rings. The number of esters is 1. The first kappa shape index (κ1) is 17.1. The van der Waals surface area contributed by atoms with Crippen molar-refractivity contribution in [3.63, 3.8) is 0 Å². The number of halogens is 1. The molecule has 0 heterocycles. The van der Waals surface area contributed by atoms with Gasteiger partial charge in [0.15, 0.2) is 6.10 Å². The maximum absolute atomic E-state index is 11.2. The average Bonchev–Trinajstić information content (AvgIpc) is 2.00. The predicted octanol–water partition coefficient (Wildman–Crippen LogP) is 1.09. The summed E-state index contributed by atoms with van der Waals surface area (Å²) >= 11 is 0. The normalized spacial score (nSPS) is 14.7. The van der Waals surface area contributed by atoms with Gasteiger partial charge in [-0.25, -0.2) is 4.79 Å². The van der Waals surface area contributed by atoms with Crippen molar-refractivity contribution in [2.24, 2.45) is 11.7 Å². The van der Waals surface area contributed by atoms with E-state index in [4.69, 9.17) is 10.5 Å². The lowest BCUT2D eigenvalue weighted by Crippen LogP contribution is -2.42. The lowest BCUT2D eigenvalue weighted by atomic mass is 10.0. The Morgan fingerprint density at radius 2 is 1.80 bits per heavy atom. The molecule has 0 aliphatic rings. The van der Waals surface area contributed by atoms with Crippen LogP contribution >= 0.6 is 12.4 Å². The Bertz CT molecular complexity index is 186. The van der Waals surface area contributed by atoms with Crippen molar-refractivity contribution in [1.82, 2.24) is 0 Å². The number of hydrogen-bond acceptors (Lipinski definition) is 4. The molecule has 2 atom stereocenters. The van der Waals surface area contributed by atoms with E-state index in [1.165, 1.54) is 0 Å². The number of aliphatic hydroxyl groups excluding tert-OH is 1. The third-order valence-electron chi connectivity index (χ3n) is 1.74. The van der Waals surface area contributed by atoms with Gasteiger partial charge in [-0.2, -0.15) is 0 Å². The summed E-state index contributed by atoms with van der Waals surface area (Å²) in [5.74, 6) is -0.278. The predicted molar refractivity (Wildman–Crippen MR) is 61.9 cm³/mol. The smallest absolute Gasteiger partial charge is 0.336 e. The monoisotopic (exact) mass is 239 g/mol. The van der Waals surface area contributed by atoms with Crippen LogP contribution in [0.1, 0.15) is 34.1 Å². The van der Waals surface area contributed by atoms with Gasteiger partial charge in [0.2, 0.25) is 0 Å². The van der Waals surface area contributed by atoms with E-state index in [2.05, 4.69) is 0 Å². The standard InChI is InChI=1S/C10H21NO3.ClH/c1-6(2)5-8(11)9(12)10(13)14-7(3)4;/h6-9,12H,5,11H2,1-4H3;1H/t8-,9+;/m0./s1. The highest BCUT2D eigenvalue weighted by Gasteiger charge is 2.25. The summed E-state index contributed by atoms with van der Waals surface area (Å²) in [5, 5.41) is 9.48. The van der Waals surface area contributed by atoms with Crippen LogP contribution < -0.4 is 5.73 Å². The van der Waals surface area contributed by atoms with Crippen molar-refractivity contribution >= 4 is 18.4 Å². The minimum absolute atomic E-state index is 0. The van der Waals surface area contributed by atoms with Gasteiger partial charge in [0.1, 0.15) is 0 Å². The number of ether oxygens (including phenoxy) is 1. The van der Waals surface area contributed by atoms with Crippen molar-refractivity contribution in [3.05, 3.63) is 0 Å². The summed E-state index contributed by atoms with van der Waals surface area (Å²) in [6, 6.07) is -0.541. The molecule has 0 aliphatic carbocycles. The van der Waals surface area contributed by atoms with Gasteiger partial charge in [-0.15, -0.1) is 12.4 Å². The Labute approximate surface area is 97.6 Å². The van der Waals surface area contributed by atoms with Gasteiger partial charge in [-0.05, 0) is 26.2 Å². The number of rotatable bonds is 5. The molecule has 3 N–H and O–H groups in total. The molecule has 92 valence electrons. The highest BCUT2D eigenvalue weighted by molar-refractivity contribution is 5.85. The maximum atomic E-state index is 11.2. The minimum Gasteiger partial charge on any atom is -0.461 e. The molecule has 0 fully saturated rings. The molecular formula is C10H22ClNO3. The lowest BCUT2D eigenvalue weighted by molar-refractivity contribution is -0.158. The number of nitrogens with two attached hydrogens (primary N) is 1. The van der Waals surface area contributed by atoms with Gasteiger partial charge in [-0.3, -0.25) is 0 Å². The largest absolute Gasteiger partial charge is 0.461 e. The molecule has 0 spiro atoms. The molecular weight excluding hydrogens is 218 g/mol. The van der Waals surface area contributed by atoms with Crippen molar-refractivity contribution in [2.45, 2.75) is 52.4 Å². The fourth-order valence-corrected chi connectivity index (χ4v) is 1.15. The SMILES string of the molecule is CC(C)C[C@H](N)[C@@H](O)C(=O)OC(C)C.Cl. The molecule has 0 aliphatic heterocycles. The van der Waals surface area contributed by atoms with E-state index >= 15 is 0 Å². The van der Waals surface area contributed by atoms with Crippen LogP contribution in [0.2, 0.25) is 0 Å². The van der Waals surface area contributed by atoms with E-state index in [1.807, 2.05) is 13.8 Å². The van der Waals surface area contributed by atoms with E-state index in [9.17, 15) is 9.90 Å². The van der Waals surface area contributed by atoms with Gasteiger partial charge < -0.3 is 15.6 Å². The van der Waals surface area contributed by atoms with Crippen molar-refractivity contribution in [3.8, 4) is 0 Å². The average molecular weight is 240 g/mol. The third-order valence-corrected chi connectivity index (χ3v) is 1.74. The van der Waals surface area contributed by atoms with Crippen LogP contribution in [0.5, 0.6) is 0 Å². The number of carbonyl (C=O) groups is 1. The third kappa shape index (κ3) is 7.59. The highest BCUT2D eigenvalue weighted by atomic mass is 35.5. The Kier molecular flexibility index (Phi) is 9.01. The van der Waals surface area contributed by atoms with Crippen LogP contribution in [0.15, 0.2) is 0 Å². The van der Waals surface area contributed by atoms with E-state index in [-0.39, 0.29) is 18.5 Å². The van der Waals surface area contributed by atoms with Crippen LogP contribution in [0.3, 0.4) is 0 Å². The second-order valence-corrected chi connectivity index (χ2v) is 4.22. The van der Waals surface area contributed by atoms with Crippen LogP contribution in [-0.4, -0.2) is 29.3 Å². The number of aliphatic hydroxyl groups is 1. The van der Waals surface area contributed by atoms with E-state index in [0.717, 1.165) is 0 Å². The molecule has 15 heavy (non-hydrogen) atoms. The fraction of sp³-hybridized carbons (Fsp3) is 0.900. The van der Waals surface area contributed by atoms with Crippen LogP contribution in [0.25, 0.3) is 0 Å². The van der Waals surface area contributed by atoms with Gasteiger partial charge in [0.05, 0.1) is 6.10 Å². The van der Waals surface area contributed by atoms with Crippen LogP contribution in [-0.2, 0) is 9.53 Å². The molecule has 0 rings (SSSR count). The first-order chi connectivity index (χ1) is 6.34. The summed E-state index contributed by atoms with van der Waals surface area (Å²) in [7, 11) is 0. The fourth-order valence-electron chi connectivity index (χ4n) is 1.15. The van der Waals surface area contributed by atoms with E-state index in [0.29, 0.717) is 12.3 Å². The summed E-state index contributed by atoms with van der Waals surface area (Å²) < 4.78 is 4.85. The van der Waals surface area contributed by atoms with Gasteiger partial charge in [0, 0.05) is 6.04 Å². The number of carbonyl (C=O) groups excluding carboxylic acids is 1. The molecule has 0 amide bonds. The molecule has 0 saturated heterocycles. The Hall–Kier alpha value is -0.320. The Morgan fingerprint density at radius 3 is 2.13 bits per heavy atom. The van der Waals surface area contributed by atoms with Crippen molar-refractivity contribution in [1.29, 1.82) is 0 Å². The Morgan fingerprint density at radius 1 is 1.33 bits per heavy atom. The second kappa shape index (κ2) is 7.91. The lowest BCUT2D eigenvalue weighted by Gasteiger charge is -2.20. The molecule has 0 aromatic heterocycles. The summed E-state index contributed by atoms with van der Waals surface area (Å²) in [5.41, 5.74) is 5.64. The molecule has 0 aromatic carbocycles. The van der Waals surface area contributed by atoms with Crippen molar-refractivity contribution < 1.29 is 14.6 Å². The van der Waals surface area contributed by atoms with Gasteiger partial charge in [-0.1, -0.05) is 13.8 Å². The molecule has 0 bridgehead atoms. The first-order valence-corrected chi connectivity index (χ1v) is 4.98. The van der Waals surface area contributed by atoms with E-state index < -0.39 is 18.1 Å². The zero-order chi connectivity index (χ0) is 11.3. The minimum atomic E-state index is -1.21. The maximum Gasteiger partial charge on any atom is 0.336 e. The summed E-state index contributed by atoms with van der Waals surface area (Å²) in [6.45, 7) is 7.44. The molecule has 0 radical (unpaired) electrons. The van der Waals surface area contributed by atoms with E-state index in [1.54, 1.807) is 13.8 Å². The highest BCUT2D eigenvalue weighted by Crippen LogP contribution is 2.08. The van der Waals surface area contributed by atoms with Crippen LogP contribution in [0.4, 0.5) is 0 Å². The first-order valence-electron chi connectivity index (χ1n) is 4.98. The zero-order valence-corrected chi connectivity index (χ0v) is 10.6. The summed E-state index contributed by atoms with van der Waals surface area (Å²) in [4.78, 5) is 11.2.